The molecule has 0 aliphatic carbocycles. The van der Waals surface area contributed by atoms with E-state index in [-0.39, 0.29) is 0 Å². The molecule has 0 radical (unpaired) electrons. The third-order valence-corrected chi connectivity index (χ3v) is 2.70. The molecule has 0 amide bonds. The van der Waals surface area contributed by atoms with Gasteiger partial charge < -0.3 is 0 Å². The number of rotatable bonds is 1. The number of aromatic nitrogens is 2. The van der Waals surface area contributed by atoms with Crippen molar-refractivity contribution in [2.24, 2.45) is 7.05 Å². The monoisotopic (exact) mass is 189 g/mol. The molecule has 2 heteroatoms. The Balaban J connectivity index is 2.73. The molecule has 2 heterocycles. The van der Waals surface area contributed by atoms with Gasteiger partial charge >= 0.3 is 0 Å². The van der Waals surface area contributed by atoms with Gasteiger partial charge in [0.2, 0.25) is 0 Å². The zero-order chi connectivity index (χ0) is 10.3. The maximum atomic E-state index is 2.25. The van der Waals surface area contributed by atoms with Crippen LogP contribution in [-0.2, 0) is 7.05 Å². The summed E-state index contributed by atoms with van der Waals surface area (Å²) >= 11 is 0. The molecule has 0 fully saturated rings. The quantitative estimate of drug-likeness (QED) is 0.608. The largest absolute Gasteiger partial charge is 0.286 e. The van der Waals surface area contributed by atoms with Crippen molar-refractivity contribution in [1.29, 1.82) is 0 Å². The van der Waals surface area contributed by atoms with Crippen LogP contribution in [0.1, 0.15) is 31.0 Å². The predicted octanol–water partition coefficient (Wildman–Crippen LogP) is 2.20. The Bertz CT molecular complexity index is 466. The molecule has 0 N–H and O–H groups in total. The summed E-state index contributed by atoms with van der Waals surface area (Å²) in [7, 11) is 2.12. The van der Waals surface area contributed by atoms with Gasteiger partial charge in [0, 0.05) is 12.0 Å². The van der Waals surface area contributed by atoms with Crippen LogP contribution in [0.15, 0.2) is 24.5 Å². The van der Waals surface area contributed by atoms with Crippen LogP contribution in [0.5, 0.6) is 0 Å². The number of hydrogen-bond donors (Lipinski definition) is 0. The Morgan fingerprint density at radius 2 is 1.93 bits per heavy atom. The lowest BCUT2D eigenvalue weighted by Crippen LogP contribution is -2.32. The molecular weight excluding hydrogens is 172 g/mol. The van der Waals surface area contributed by atoms with Crippen LogP contribution in [0.2, 0.25) is 0 Å². The van der Waals surface area contributed by atoms with Crippen molar-refractivity contribution in [1.82, 2.24) is 4.40 Å². The number of aryl methyl sites for hydroxylation is 2. The van der Waals surface area contributed by atoms with Crippen LogP contribution in [0.3, 0.4) is 0 Å². The Hall–Kier alpha value is -1.31. The first-order chi connectivity index (χ1) is 6.59. The Kier molecular flexibility index (Phi) is 2.06. The molecule has 0 spiro atoms. The van der Waals surface area contributed by atoms with Gasteiger partial charge in [0.25, 0.3) is 5.65 Å². The van der Waals surface area contributed by atoms with Gasteiger partial charge in [-0.15, -0.1) is 0 Å². The summed E-state index contributed by atoms with van der Waals surface area (Å²) in [5.41, 5.74) is 3.92. The fraction of sp³-hybridized carbons (Fsp3) is 0.417. The van der Waals surface area contributed by atoms with Gasteiger partial charge in [-0.2, -0.15) is 0 Å². The summed E-state index contributed by atoms with van der Waals surface area (Å²) in [5.74, 6) is 0.570. The van der Waals surface area contributed by atoms with Gasteiger partial charge in [-0.25, -0.2) is 8.97 Å². The van der Waals surface area contributed by atoms with Gasteiger partial charge in [0.05, 0.1) is 13.2 Å². The third kappa shape index (κ3) is 1.31. The lowest BCUT2D eigenvalue weighted by Gasteiger charge is -1.97. The topological polar surface area (TPSA) is 8.29 Å². The van der Waals surface area contributed by atoms with Crippen LogP contribution in [0.25, 0.3) is 5.65 Å². The Morgan fingerprint density at radius 1 is 1.21 bits per heavy atom. The highest BCUT2D eigenvalue weighted by molar-refractivity contribution is 5.35. The second kappa shape index (κ2) is 3.12. The van der Waals surface area contributed by atoms with Crippen LogP contribution < -0.4 is 4.57 Å². The van der Waals surface area contributed by atoms with Crippen LogP contribution in [0.4, 0.5) is 0 Å². The third-order valence-electron chi connectivity index (χ3n) is 2.70. The van der Waals surface area contributed by atoms with Gasteiger partial charge in [-0.05, 0) is 18.6 Å². The van der Waals surface area contributed by atoms with E-state index in [1.807, 2.05) is 0 Å². The van der Waals surface area contributed by atoms with Crippen molar-refractivity contribution < 1.29 is 4.57 Å². The van der Waals surface area contributed by atoms with Gasteiger partial charge in [-0.3, -0.25) is 0 Å². The smallest absolute Gasteiger partial charge is 0.230 e. The SMILES string of the molecule is Cc1ccc2n(c1)cc(C(C)C)[n+]2C. The zero-order valence-corrected chi connectivity index (χ0v) is 9.28. The van der Waals surface area contributed by atoms with Crippen molar-refractivity contribution in [2.75, 3.05) is 0 Å². The number of pyridine rings is 1. The molecule has 0 unspecified atom stereocenters. The average Bonchev–Trinajstić information content (AvgIpc) is 2.43. The Labute approximate surface area is 84.8 Å². The number of nitrogens with zero attached hydrogens (tertiary/aromatic N) is 2. The highest BCUT2D eigenvalue weighted by Gasteiger charge is 2.16. The van der Waals surface area contributed by atoms with Crippen molar-refractivity contribution >= 4 is 5.65 Å². The molecule has 0 aliphatic rings. The van der Waals surface area contributed by atoms with Gasteiger partial charge in [0.15, 0.2) is 0 Å². The van der Waals surface area contributed by atoms with E-state index in [1.165, 1.54) is 16.9 Å². The van der Waals surface area contributed by atoms with Crippen molar-refractivity contribution in [3.8, 4) is 0 Å². The van der Waals surface area contributed by atoms with E-state index < -0.39 is 0 Å². The van der Waals surface area contributed by atoms with E-state index in [4.69, 9.17) is 0 Å². The standard InChI is InChI=1S/C12H17N2/c1-9(2)11-8-14-7-10(3)5-6-12(14)13(11)4/h5-9H,1-4H3/q+1. The minimum atomic E-state index is 0.570. The molecule has 2 rings (SSSR count). The molecule has 0 atom stereocenters. The summed E-state index contributed by atoms with van der Waals surface area (Å²) in [6, 6.07) is 4.32. The molecule has 0 bridgehead atoms. The molecule has 0 saturated heterocycles. The van der Waals surface area contributed by atoms with Crippen LogP contribution in [-0.4, -0.2) is 4.40 Å². The lowest BCUT2D eigenvalue weighted by atomic mass is 10.1. The summed E-state index contributed by atoms with van der Waals surface area (Å²) in [6.45, 7) is 6.57. The Morgan fingerprint density at radius 3 is 2.57 bits per heavy atom. The number of hydrogen-bond acceptors (Lipinski definition) is 0. The first-order valence-electron chi connectivity index (χ1n) is 5.07. The van der Waals surface area contributed by atoms with Crippen molar-refractivity contribution in [3.63, 3.8) is 0 Å². The first-order valence-corrected chi connectivity index (χ1v) is 5.07. The first kappa shape index (κ1) is 9.25. The fourth-order valence-electron chi connectivity index (χ4n) is 1.91. The van der Waals surface area contributed by atoms with E-state index in [1.54, 1.807) is 0 Å². The molecule has 0 aromatic carbocycles. The molecule has 2 nitrogen and oxygen atoms in total. The molecule has 0 aliphatic heterocycles. The fourth-order valence-corrected chi connectivity index (χ4v) is 1.91. The lowest BCUT2D eigenvalue weighted by molar-refractivity contribution is -0.653. The molecule has 2 aromatic rings. The average molecular weight is 189 g/mol. The van der Waals surface area contributed by atoms with E-state index in [0.717, 1.165) is 0 Å². The maximum absolute atomic E-state index is 2.25. The maximum Gasteiger partial charge on any atom is 0.286 e. The molecule has 0 saturated carbocycles. The normalized spacial score (nSPS) is 11.5. The minimum Gasteiger partial charge on any atom is -0.230 e. The summed E-state index contributed by atoms with van der Waals surface area (Å²) < 4.78 is 4.45. The predicted molar refractivity (Wildman–Crippen MR) is 57.4 cm³/mol. The van der Waals surface area contributed by atoms with Crippen molar-refractivity contribution in [2.45, 2.75) is 26.7 Å². The molecule has 14 heavy (non-hydrogen) atoms. The van der Waals surface area contributed by atoms with E-state index >= 15 is 0 Å². The highest BCUT2D eigenvalue weighted by atomic mass is 15.1. The van der Waals surface area contributed by atoms with E-state index in [0.29, 0.717) is 5.92 Å². The van der Waals surface area contributed by atoms with E-state index in [9.17, 15) is 0 Å². The molecule has 2 aromatic heterocycles. The molecular formula is C12H17N2+. The summed E-state index contributed by atoms with van der Waals surface area (Å²) in [4.78, 5) is 0. The molecule has 74 valence electrons. The second-order valence-electron chi connectivity index (χ2n) is 4.24. The van der Waals surface area contributed by atoms with E-state index in [2.05, 4.69) is 61.3 Å². The summed E-state index contributed by atoms with van der Waals surface area (Å²) in [5, 5.41) is 0. The number of imidazole rings is 1. The highest BCUT2D eigenvalue weighted by Crippen LogP contribution is 2.12. The van der Waals surface area contributed by atoms with Crippen LogP contribution in [0, 0.1) is 6.92 Å². The zero-order valence-electron chi connectivity index (χ0n) is 9.28. The summed E-state index contributed by atoms with van der Waals surface area (Å²) in [6.07, 6.45) is 4.38. The van der Waals surface area contributed by atoms with Gasteiger partial charge in [0.1, 0.15) is 11.9 Å². The number of fused-ring (bicyclic) bond motifs is 1. The van der Waals surface area contributed by atoms with Crippen LogP contribution >= 0.6 is 0 Å². The minimum absolute atomic E-state index is 0.570. The van der Waals surface area contributed by atoms with Gasteiger partial charge in [-0.1, -0.05) is 13.8 Å². The second-order valence-corrected chi connectivity index (χ2v) is 4.24. The van der Waals surface area contributed by atoms with Crippen molar-refractivity contribution in [3.05, 3.63) is 35.8 Å².